The Morgan fingerprint density at radius 2 is 1.81 bits per heavy atom. The van der Waals surface area contributed by atoms with E-state index in [1.54, 1.807) is 4.90 Å². The number of hydrogen-bond acceptors (Lipinski definition) is 2. The van der Waals surface area contributed by atoms with Gasteiger partial charge in [-0.1, -0.05) is 6.07 Å². The van der Waals surface area contributed by atoms with E-state index in [-0.39, 0.29) is 5.91 Å². The van der Waals surface area contributed by atoms with E-state index < -0.39 is 0 Å². The van der Waals surface area contributed by atoms with Crippen LogP contribution < -0.4 is 10.2 Å². The van der Waals surface area contributed by atoms with Crippen LogP contribution in [0.1, 0.15) is 17.5 Å². The number of amides is 1. The number of rotatable bonds is 4. The minimum absolute atomic E-state index is 0.138. The number of carbonyl (C=O) groups excluding carboxylic acids is 1. The molecule has 1 amide bonds. The zero-order valence-corrected chi connectivity index (χ0v) is 10.5. The molecule has 0 aliphatic carbocycles. The SMILES string of the molecule is CNCCC(=O)N(C)c1cc(C)cc(C)c1. The first-order valence-electron chi connectivity index (χ1n) is 5.54. The van der Waals surface area contributed by atoms with Crippen LogP contribution in [-0.2, 0) is 4.79 Å². The molecule has 0 heterocycles. The monoisotopic (exact) mass is 220 g/mol. The molecular formula is C13H20N2O. The van der Waals surface area contributed by atoms with Crippen LogP contribution in [0, 0.1) is 13.8 Å². The van der Waals surface area contributed by atoms with E-state index in [2.05, 4.69) is 11.4 Å². The summed E-state index contributed by atoms with van der Waals surface area (Å²) in [6, 6.07) is 6.17. The molecule has 0 bridgehead atoms. The standard InChI is InChI=1S/C13H20N2O/c1-10-7-11(2)9-12(8-10)15(4)13(16)5-6-14-3/h7-9,14H,5-6H2,1-4H3. The lowest BCUT2D eigenvalue weighted by molar-refractivity contribution is -0.118. The van der Waals surface area contributed by atoms with Crippen LogP contribution in [0.5, 0.6) is 0 Å². The second-order valence-corrected chi connectivity index (χ2v) is 4.15. The van der Waals surface area contributed by atoms with Crippen LogP contribution in [0.2, 0.25) is 0 Å². The summed E-state index contributed by atoms with van der Waals surface area (Å²) >= 11 is 0. The van der Waals surface area contributed by atoms with Gasteiger partial charge in [-0.2, -0.15) is 0 Å². The Balaban J connectivity index is 2.79. The molecule has 88 valence electrons. The summed E-state index contributed by atoms with van der Waals surface area (Å²) in [7, 11) is 3.68. The highest BCUT2D eigenvalue weighted by Gasteiger charge is 2.10. The number of nitrogens with zero attached hydrogens (tertiary/aromatic N) is 1. The maximum absolute atomic E-state index is 11.8. The number of carbonyl (C=O) groups is 1. The van der Waals surface area contributed by atoms with Crippen molar-refractivity contribution in [3.8, 4) is 0 Å². The molecule has 0 unspecified atom stereocenters. The van der Waals surface area contributed by atoms with Crippen molar-refractivity contribution in [2.75, 3.05) is 25.5 Å². The minimum Gasteiger partial charge on any atom is -0.319 e. The summed E-state index contributed by atoms with van der Waals surface area (Å²) in [6.45, 7) is 4.80. The summed E-state index contributed by atoms with van der Waals surface area (Å²) in [5.74, 6) is 0.138. The van der Waals surface area contributed by atoms with Gasteiger partial charge in [-0.25, -0.2) is 0 Å². The topological polar surface area (TPSA) is 32.3 Å². The van der Waals surface area contributed by atoms with Crippen molar-refractivity contribution < 1.29 is 4.79 Å². The summed E-state index contributed by atoms with van der Waals surface area (Å²) in [5, 5.41) is 2.98. The van der Waals surface area contributed by atoms with E-state index in [1.807, 2.05) is 40.1 Å². The largest absolute Gasteiger partial charge is 0.319 e. The Labute approximate surface area is 97.5 Å². The molecule has 0 spiro atoms. The Hall–Kier alpha value is -1.35. The van der Waals surface area contributed by atoms with Crippen molar-refractivity contribution >= 4 is 11.6 Å². The number of nitrogens with one attached hydrogen (secondary N) is 1. The van der Waals surface area contributed by atoms with Crippen LogP contribution in [-0.4, -0.2) is 26.5 Å². The first-order valence-corrected chi connectivity index (χ1v) is 5.54. The van der Waals surface area contributed by atoms with E-state index in [9.17, 15) is 4.79 Å². The van der Waals surface area contributed by atoms with E-state index >= 15 is 0 Å². The van der Waals surface area contributed by atoms with Gasteiger partial charge in [0, 0.05) is 25.7 Å². The number of hydrogen-bond donors (Lipinski definition) is 1. The molecule has 0 aliphatic heterocycles. The van der Waals surface area contributed by atoms with Gasteiger partial charge in [-0.15, -0.1) is 0 Å². The average molecular weight is 220 g/mol. The van der Waals surface area contributed by atoms with Crippen molar-refractivity contribution in [1.82, 2.24) is 5.32 Å². The summed E-state index contributed by atoms with van der Waals surface area (Å²) in [6.07, 6.45) is 0.528. The molecule has 0 saturated carbocycles. The first kappa shape index (κ1) is 12.7. The minimum atomic E-state index is 0.138. The highest BCUT2D eigenvalue weighted by Crippen LogP contribution is 2.17. The number of aryl methyl sites for hydroxylation is 2. The molecule has 0 radical (unpaired) electrons. The normalized spacial score (nSPS) is 10.2. The van der Waals surface area contributed by atoms with Crippen molar-refractivity contribution in [3.63, 3.8) is 0 Å². The maximum Gasteiger partial charge on any atom is 0.227 e. The van der Waals surface area contributed by atoms with Crippen LogP contribution in [0.15, 0.2) is 18.2 Å². The third kappa shape index (κ3) is 3.35. The molecule has 0 fully saturated rings. The summed E-state index contributed by atoms with van der Waals surface area (Å²) < 4.78 is 0. The molecular weight excluding hydrogens is 200 g/mol. The molecule has 0 aromatic heterocycles. The second kappa shape index (κ2) is 5.66. The molecule has 1 rings (SSSR count). The molecule has 0 atom stereocenters. The van der Waals surface area contributed by atoms with Gasteiger partial charge in [0.1, 0.15) is 0 Å². The van der Waals surface area contributed by atoms with E-state index in [4.69, 9.17) is 0 Å². The van der Waals surface area contributed by atoms with E-state index in [1.165, 1.54) is 11.1 Å². The van der Waals surface area contributed by atoms with Crippen LogP contribution in [0.25, 0.3) is 0 Å². The van der Waals surface area contributed by atoms with Crippen LogP contribution in [0.3, 0.4) is 0 Å². The molecule has 3 nitrogen and oxygen atoms in total. The Kier molecular flexibility index (Phi) is 4.50. The second-order valence-electron chi connectivity index (χ2n) is 4.15. The highest BCUT2D eigenvalue weighted by atomic mass is 16.2. The van der Waals surface area contributed by atoms with Crippen LogP contribution in [0.4, 0.5) is 5.69 Å². The van der Waals surface area contributed by atoms with Gasteiger partial charge in [0.2, 0.25) is 5.91 Å². The fourth-order valence-corrected chi connectivity index (χ4v) is 1.69. The molecule has 16 heavy (non-hydrogen) atoms. The molecule has 0 saturated heterocycles. The molecule has 3 heteroatoms. The zero-order chi connectivity index (χ0) is 12.1. The molecule has 0 aliphatic rings. The quantitative estimate of drug-likeness (QED) is 0.840. The fraction of sp³-hybridized carbons (Fsp3) is 0.462. The van der Waals surface area contributed by atoms with Gasteiger partial charge >= 0.3 is 0 Å². The summed E-state index contributed by atoms with van der Waals surface area (Å²) in [5.41, 5.74) is 3.34. The lowest BCUT2D eigenvalue weighted by Gasteiger charge is -2.18. The first-order chi connectivity index (χ1) is 7.54. The third-order valence-corrected chi connectivity index (χ3v) is 2.56. The highest BCUT2D eigenvalue weighted by molar-refractivity contribution is 5.93. The lowest BCUT2D eigenvalue weighted by atomic mass is 10.1. The van der Waals surface area contributed by atoms with Gasteiger partial charge in [0.25, 0.3) is 0 Å². The van der Waals surface area contributed by atoms with Gasteiger partial charge in [-0.05, 0) is 44.2 Å². The Morgan fingerprint density at radius 1 is 1.25 bits per heavy atom. The van der Waals surface area contributed by atoms with Gasteiger partial charge < -0.3 is 10.2 Å². The number of benzene rings is 1. The number of anilines is 1. The predicted molar refractivity (Wildman–Crippen MR) is 67.9 cm³/mol. The van der Waals surface area contributed by atoms with Crippen molar-refractivity contribution in [1.29, 1.82) is 0 Å². The summed E-state index contributed by atoms with van der Waals surface area (Å²) in [4.78, 5) is 13.5. The van der Waals surface area contributed by atoms with Crippen molar-refractivity contribution in [3.05, 3.63) is 29.3 Å². The molecule has 1 aromatic rings. The Morgan fingerprint density at radius 3 is 2.31 bits per heavy atom. The maximum atomic E-state index is 11.8. The average Bonchev–Trinajstić information content (AvgIpc) is 2.23. The van der Waals surface area contributed by atoms with E-state index in [0.29, 0.717) is 13.0 Å². The fourth-order valence-electron chi connectivity index (χ4n) is 1.69. The van der Waals surface area contributed by atoms with E-state index in [0.717, 1.165) is 5.69 Å². The lowest BCUT2D eigenvalue weighted by Crippen LogP contribution is -2.28. The van der Waals surface area contributed by atoms with Crippen molar-refractivity contribution in [2.24, 2.45) is 0 Å². The zero-order valence-electron chi connectivity index (χ0n) is 10.5. The molecule has 1 aromatic carbocycles. The van der Waals surface area contributed by atoms with Gasteiger partial charge in [0.15, 0.2) is 0 Å². The van der Waals surface area contributed by atoms with Crippen molar-refractivity contribution in [2.45, 2.75) is 20.3 Å². The third-order valence-electron chi connectivity index (χ3n) is 2.56. The smallest absolute Gasteiger partial charge is 0.227 e. The Bertz CT molecular complexity index is 354. The molecule has 1 N–H and O–H groups in total. The van der Waals surface area contributed by atoms with Gasteiger partial charge in [-0.3, -0.25) is 4.79 Å². The predicted octanol–water partition coefficient (Wildman–Crippen LogP) is 1.88. The van der Waals surface area contributed by atoms with Crippen LogP contribution >= 0.6 is 0 Å². The van der Waals surface area contributed by atoms with Gasteiger partial charge in [0.05, 0.1) is 0 Å².